The third-order valence-corrected chi connectivity index (χ3v) is 6.36. The van der Waals surface area contributed by atoms with Crippen LogP contribution in [0.4, 0.5) is 4.39 Å². The Kier molecular flexibility index (Phi) is 7.65. The number of carbonyl (C=O) groups excluding carboxylic acids is 1. The Morgan fingerprint density at radius 2 is 1.92 bits per heavy atom. The van der Waals surface area contributed by atoms with E-state index in [4.69, 9.17) is 16.3 Å². The Morgan fingerprint density at radius 3 is 2.54 bits per heavy atom. The zero-order valence-corrected chi connectivity index (χ0v) is 22.1. The van der Waals surface area contributed by atoms with Gasteiger partial charge in [0.1, 0.15) is 17.1 Å². The van der Waals surface area contributed by atoms with Gasteiger partial charge >= 0.3 is 0 Å². The summed E-state index contributed by atoms with van der Waals surface area (Å²) in [7, 11) is 5.29. The van der Waals surface area contributed by atoms with Gasteiger partial charge in [-0.1, -0.05) is 37.6 Å². The van der Waals surface area contributed by atoms with Gasteiger partial charge in [0.05, 0.1) is 23.7 Å². The molecule has 2 N–H and O–H groups in total. The first-order valence-electron chi connectivity index (χ1n) is 11.8. The summed E-state index contributed by atoms with van der Waals surface area (Å²) in [6, 6.07) is 10.7. The molecule has 37 heavy (non-hydrogen) atoms. The van der Waals surface area contributed by atoms with Gasteiger partial charge in [-0.25, -0.2) is 8.91 Å². The molecule has 0 bridgehead atoms. The number of nitrogens with one attached hydrogen (secondary N) is 2. The van der Waals surface area contributed by atoms with Gasteiger partial charge in [-0.2, -0.15) is 0 Å². The van der Waals surface area contributed by atoms with E-state index < -0.39 is 6.04 Å². The summed E-state index contributed by atoms with van der Waals surface area (Å²) < 4.78 is 20.2. The lowest BCUT2D eigenvalue weighted by molar-refractivity contribution is 0.0928. The largest absolute Gasteiger partial charge is 0.495 e. The minimum absolute atomic E-state index is 0.131. The first-order chi connectivity index (χ1) is 17.6. The van der Waals surface area contributed by atoms with Crippen molar-refractivity contribution in [3.63, 3.8) is 0 Å². The third-order valence-electron chi connectivity index (χ3n) is 6.05. The highest BCUT2D eigenvalue weighted by molar-refractivity contribution is 6.32. The number of hydrogen-bond donors (Lipinski definition) is 2. The summed E-state index contributed by atoms with van der Waals surface area (Å²) in [5.74, 6) is -0.0711. The van der Waals surface area contributed by atoms with E-state index in [0.717, 1.165) is 5.56 Å². The summed E-state index contributed by atoms with van der Waals surface area (Å²) >= 11 is 6.14. The van der Waals surface area contributed by atoms with Gasteiger partial charge in [-0.05, 0) is 55.9 Å². The number of likely N-dealkylation sites (N-methyl/N-ethyl adjacent to an activating group) is 1. The van der Waals surface area contributed by atoms with Crippen molar-refractivity contribution in [2.75, 3.05) is 27.7 Å². The minimum atomic E-state index is -0.394. The van der Waals surface area contributed by atoms with Crippen molar-refractivity contribution in [1.82, 2.24) is 24.8 Å². The first kappa shape index (κ1) is 26.4. The normalized spacial score (nSPS) is 12.4. The molecule has 0 radical (unpaired) electrons. The Labute approximate surface area is 219 Å². The topological polar surface area (TPSA) is 91.7 Å². The summed E-state index contributed by atoms with van der Waals surface area (Å²) in [5, 5.41) is 8.08. The maximum absolute atomic E-state index is 13.6. The Balaban J connectivity index is 1.77. The molecule has 0 saturated carbocycles. The molecule has 194 valence electrons. The molecule has 2 aromatic heterocycles. The van der Waals surface area contributed by atoms with Crippen LogP contribution >= 0.6 is 11.6 Å². The average Bonchev–Trinajstić information content (AvgIpc) is 3.25. The maximum atomic E-state index is 13.6. The van der Waals surface area contributed by atoms with Gasteiger partial charge in [0.15, 0.2) is 5.82 Å². The van der Waals surface area contributed by atoms with Crippen LogP contribution in [-0.4, -0.2) is 53.2 Å². The number of rotatable bonds is 8. The number of fused-ring (bicyclic) bond motifs is 1. The lowest BCUT2D eigenvalue weighted by atomic mass is 9.99. The van der Waals surface area contributed by atoms with E-state index in [9.17, 15) is 14.0 Å². The predicted octanol–water partition coefficient (Wildman–Crippen LogP) is 4.65. The van der Waals surface area contributed by atoms with Crippen LogP contribution in [0.2, 0.25) is 5.02 Å². The predicted molar refractivity (Wildman–Crippen MR) is 142 cm³/mol. The molecule has 0 spiro atoms. The van der Waals surface area contributed by atoms with Crippen molar-refractivity contribution in [3.8, 4) is 17.1 Å². The van der Waals surface area contributed by atoms with Gasteiger partial charge in [-0.3, -0.25) is 9.59 Å². The van der Waals surface area contributed by atoms with Crippen molar-refractivity contribution in [1.29, 1.82) is 0 Å². The van der Waals surface area contributed by atoms with Crippen LogP contribution in [0.5, 0.6) is 5.75 Å². The van der Waals surface area contributed by atoms with Gasteiger partial charge < -0.3 is 19.9 Å². The number of hydrogen-bond acceptors (Lipinski definition) is 5. The molecule has 0 aliphatic rings. The molecule has 2 heterocycles. The number of aromatic amines is 1. The smallest absolute Gasteiger partial charge is 0.275 e. The number of carbonyl (C=O) groups is 1. The molecule has 8 nitrogen and oxygen atoms in total. The number of ether oxygens (including phenoxy) is 1. The highest BCUT2D eigenvalue weighted by Crippen LogP contribution is 2.30. The van der Waals surface area contributed by atoms with Crippen LogP contribution < -0.4 is 15.6 Å². The fraction of sp³-hybridized carbons (Fsp3) is 0.296. The van der Waals surface area contributed by atoms with E-state index >= 15 is 0 Å². The van der Waals surface area contributed by atoms with Crippen LogP contribution in [0.1, 0.15) is 47.3 Å². The van der Waals surface area contributed by atoms with E-state index in [-0.39, 0.29) is 23.2 Å². The van der Waals surface area contributed by atoms with E-state index in [1.807, 2.05) is 32.8 Å². The minimum Gasteiger partial charge on any atom is -0.495 e. The van der Waals surface area contributed by atoms with Crippen LogP contribution in [-0.2, 0) is 0 Å². The van der Waals surface area contributed by atoms with Gasteiger partial charge in [0.2, 0.25) is 0 Å². The van der Waals surface area contributed by atoms with Gasteiger partial charge in [-0.15, -0.1) is 5.10 Å². The molecule has 0 aliphatic heterocycles. The van der Waals surface area contributed by atoms with Crippen molar-refractivity contribution in [3.05, 3.63) is 86.5 Å². The molecule has 1 unspecified atom stereocenters. The average molecular weight is 526 g/mol. The Hall–Kier alpha value is -3.69. The molecule has 4 aromatic rings. The van der Waals surface area contributed by atoms with Crippen molar-refractivity contribution < 1.29 is 13.9 Å². The molecular weight excluding hydrogens is 497 g/mol. The van der Waals surface area contributed by atoms with E-state index in [2.05, 4.69) is 15.4 Å². The summed E-state index contributed by atoms with van der Waals surface area (Å²) in [4.78, 5) is 31.6. The van der Waals surface area contributed by atoms with Gasteiger partial charge in [0.25, 0.3) is 11.5 Å². The fourth-order valence-corrected chi connectivity index (χ4v) is 4.54. The second-order valence-electron chi connectivity index (χ2n) is 9.40. The SMILES string of the molecule is COc1cc(-c2nn3cc(C(=O)NC(CN(C)C)c4ccc(F)cc4)c(C(C)C)c3c(=O)[nH]2)ccc1Cl. The third kappa shape index (κ3) is 5.52. The molecule has 2 aromatic carbocycles. The molecule has 1 atom stereocenters. The number of nitrogens with zero attached hydrogens (tertiary/aromatic N) is 3. The van der Waals surface area contributed by atoms with E-state index in [1.165, 1.54) is 23.8 Å². The number of halogens is 2. The van der Waals surface area contributed by atoms with Crippen molar-refractivity contribution >= 4 is 23.0 Å². The maximum Gasteiger partial charge on any atom is 0.275 e. The zero-order chi connectivity index (χ0) is 26.9. The van der Waals surface area contributed by atoms with E-state index in [0.29, 0.717) is 45.3 Å². The molecule has 0 aliphatic carbocycles. The van der Waals surface area contributed by atoms with Crippen LogP contribution in [0.15, 0.2) is 53.5 Å². The van der Waals surface area contributed by atoms with Gasteiger partial charge in [0, 0.05) is 23.9 Å². The molecule has 0 saturated heterocycles. The zero-order valence-electron chi connectivity index (χ0n) is 21.3. The first-order valence-corrected chi connectivity index (χ1v) is 12.2. The number of amides is 1. The lowest BCUT2D eigenvalue weighted by Gasteiger charge is -2.23. The number of aromatic nitrogens is 3. The molecule has 10 heteroatoms. The fourth-order valence-electron chi connectivity index (χ4n) is 4.35. The summed E-state index contributed by atoms with van der Waals surface area (Å²) in [6.07, 6.45) is 1.57. The molecule has 0 fully saturated rings. The Morgan fingerprint density at radius 1 is 1.22 bits per heavy atom. The van der Waals surface area contributed by atoms with Crippen LogP contribution in [0, 0.1) is 5.82 Å². The molecule has 4 rings (SSSR count). The standard InChI is InChI=1S/C27H29ClFN5O3/c1-15(2)23-19(26(35)30-21(14-33(3)4)16-6-9-18(29)10-7-16)13-34-24(23)27(36)31-25(32-34)17-8-11-20(28)22(12-17)37-5/h6-13,15,21H,14H2,1-5H3,(H,30,35)(H,31,32,36). The van der Waals surface area contributed by atoms with Crippen molar-refractivity contribution in [2.24, 2.45) is 0 Å². The monoisotopic (exact) mass is 525 g/mol. The quantitative estimate of drug-likeness (QED) is 0.349. The number of H-pyrrole nitrogens is 1. The Bertz CT molecular complexity index is 1490. The summed E-state index contributed by atoms with van der Waals surface area (Å²) in [5.41, 5.74) is 2.25. The van der Waals surface area contributed by atoms with E-state index in [1.54, 1.807) is 36.5 Å². The lowest BCUT2D eigenvalue weighted by Crippen LogP contribution is -2.35. The van der Waals surface area contributed by atoms with Crippen molar-refractivity contribution in [2.45, 2.75) is 25.8 Å². The van der Waals surface area contributed by atoms with Crippen LogP contribution in [0.3, 0.4) is 0 Å². The number of benzene rings is 2. The number of methoxy groups -OCH3 is 1. The molecular formula is C27H29ClFN5O3. The highest BCUT2D eigenvalue weighted by Gasteiger charge is 2.25. The molecule has 1 amide bonds. The van der Waals surface area contributed by atoms with Crippen LogP contribution in [0.25, 0.3) is 16.9 Å². The summed E-state index contributed by atoms with van der Waals surface area (Å²) in [6.45, 7) is 4.34. The second kappa shape index (κ2) is 10.7. The second-order valence-corrected chi connectivity index (χ2v) is 9.80. The highest BCUT2D eigenvalue weighted by atomic mass is 35.5.